The second-order valence-corrected chi connectivity index (χ2v) is 3.74. The molecular formula is C14H22N2O. The van der Waals surface area contributed by atoms with Crippen molar-refractivity contribution in [3.8, 4) is 0 Å². The van der Waals surface area contributed by atoms with Gasteiger partial charge in [0.15, 0.2) is 0 Å². The van der Waals surface area contributed by atoms with E-state index in [1.54, 1.807) is 0 Å². The van der Waals surface area contributed by atoms with Crippen LogP contribution in [-0.4, -0.2) is 30.4 Å². The molecule has 17 heavy (non-hydrogen) atoms. The number of hydrogen-bond donors (Lipinski definition) is 1. The van der Waals surface area contributed by atoms with Gasteiger partial charge in [0.1, 0.15) is 0 Å². The quantitative estimate of drug-likeness (QED) is 0.858. The van der Waals surface area contributed by atoms with Gasteiger partial charge >= 0.3 is 0 Å². The molecule has 3 nitrogen and oxygen atoms in total. The lowest BCUT2D eigenvalue weighted by Gasteiger charge is -2.18. The van der Waals surface area contributed by atoms with Crippen LogP contribution in [0.4, 0.5) is 5.69 Å². The zero-order valence-corrected chi connectivity index (χ0v) is 10.2. The molecule has 0 unspecified atom stereocenters. The summed E-state index contributed by atoms with van der Waals surface area (Å²) in [6.45, 7) is 0.177. The van der Waals surface area contributed by atoms with Gasteiger partial charge in [-0.15, -0.1) is 0 Å². The molecule has 0 atom stereocenters. The molecule has 0 heterocycles. The molecular weight excluding hydrogens is 212 g/mol. The molecule has 0 aromatic heterocycles. The minimum atomic E-state index is -2.51. The number of aryl methyl sites for hydroxylation is 2. The molecule has 0 fully saturated rings. The number of nitrogens with zero attached hydrogens (tertiary/aromatic N) is 1. The molecule has 1 N–H and O–H groups in total. The molecule has 0 spiro atoms. The average Bonchev–Trinajstić information content (AvgIpc) is 2.42. The maximum Gasteiger partial charge on any atom is 0.238 e. The highest BCUT2D eigenvalue weighted by atomic mass is 16.2. The van der Waals surface area contributed by atoms with Gasteiger partial charge in [-0.3, -0.25) is 9.69 Å². The summed E-state index contributed by atoms with van der Waals surface area (Å²) in [6, 6.07) is 4.01. The molecule has 0 radical (unpaired) electrons. The predicted octanol–water partition coefficient (Wildman–Crippen LogP) is 2.58. The van der Waals surface area contributed by atoms with Crippen molar-refractivity contribution in [2.24, 2.45) is 0 Å². The van der Waals surface area contributed by atoms with Crippen molar-refractivity contribution in [1.29, 1.82) is 0 Å². The monoisotopic (exact) mass is 240 g/mol. The third-order valence-electron chi connectivity index (χ3n) is 2.59. The molecule has 94 valence electrons. The Bertz CT molecular complexity index is 517. The van der Waals surface area contributed by atoms with Crippen LogP contribution in [0, 0.1) is 13.7 Å². The van der Waals surface area contributed by atoms with E-state index in [4.69, 9.17) is 8.22 Å². The highest BCUT2D eigenvalue weighted by molar-refractivity contribution is 5.93. The van der Waals surface area contributed by atoms with Crippen LogP contribution in [-0.2, 0) is 4.79 Å². The molecule has 0 bridgehead atoms. The number of benzene rings is 1. The fourth-order valence-corrected chi connectivity index (χ4v) is 1.52. The third-order valence-corrected chi connectivity index (χ3v) is 2.59. The summed E-state index contributed by atoms with van der Waals surface area (Å²) < 4.78 is 45.4. The summed E-state index contributed by atoms with van der Waals surface area (Å²) in [7, 11) is 0. The molecule has 0 saturated heterocycles. The van der Waals surface area contributed by atoms with Crippen LogP contribution in [0.1, 0.15) is 33.2 Å². The minimum absolute atomic E-state index is 0.0722. The number of carbonyl (C=O) groups is 1. The predicted molar refractivity (Wildman–Crippen MR) is 72.3 cm³/mol. The molecule has 1 aromatic carbocycles. The Morgan fingerprint density at radius 2 is 1.88 bits per heavy atom. The summed E-state index contributed by atoms with van der Waals surface area (Å²) in [5.41, 5.74) is -0.470. The van der Waals surface area contributed by atoms with Crippen molar-refractivity contribution >= 4 is 11.6 Å². The van der Waals surface area contributed by atoms with Crippen molar-refractivity contribution < 1.29 is 13.0 Å². The van der Waals surface area contributed by atoms with Crippen LogP contribution in [0.5, 0.6) is 0 Å². The van der Waals surface area contributed by atoms with Crippen molar-refractivity contribution in [3.05, 3.63) is 29.3 Å². The number of likely N-dealkylation sites (N-methyl/N-ethyl adjacent to an activating group) is 1. The number of rotatable bonds is 5. The van der Waals surface area contributed by atoms with Crippen LogP contribution in [0.25, 0.3) is 0 Å². The topological polar surface area (TPSA) is 32.3 Å². The molecule has 0 saturated carbocycles. The first-order valence-corrected chi connectivity index (χ1v) is 5.66. The molecule has 3 heteroatoms. The maximum absolute atomic E-state index is 12.2. The Labute approximate surface area is 112 Å². The lowest BCUT2D eigenvalue weighted by atomic mass is 10.1. The van der Waals surface area contributed by atoms with Gasteiger partial charge in [-0.1, -0.05) is 32.0 Å². The lowest BCUT2D eigenvalue weighted by Crippen LogP contribution is -2.33. The second-order valence-electron chi connectivity index (χ2n) is 3.74. The van der Waals surface area contributed by atoms with Gasteiger partial charge in [-0.2, -0.15) is 0 Å². The first-order chi connectivity index (χ1) is 10.5. The van der Waals surface area contributed by atoms with Crippen molar-refractivity contribution in [2.75, 3.05) is 25.0 Å². The average molecular weight is 240 g/mol. The van der Waals surface area contributed by atoms with Gasteiger partial charge < -0.3 is 5.32 Å². The van der Waals surface area contributed by atoms with Gasteiger partial charge in [0.25, 0.3) is 0 Å². The van der Waals surface area contributed by atoms with Crippen LogP contribution in [0.3, 0.4) is 0 Å². The summed E-state index contributed by atoms with van der Waals surface area (Å²) in [4.78, 5) is 14.0. The fraction of sp³-hybridized carbons (Fsp3) is 0.500. The van der Waals surface area contributed by atoms with E-state index in [-0.39, 0.29) is 23.4 Å². The molecule has 0 aliphatic carbocycles. The molecule has 0 aliphatic rings. The SMILES string of the molecule is [2H]C([2H])([2H])c1cccc(C([2H])([2H])[2H])c1NC(=O)CN(CC)CC. The van der Waals surface area contributed by atoms with Gasteiger partial charge in [0.05, 0.1) is 6.54 Å². The molecule has 0 aliphatic heterocycles. The number of hydrogen-bond acceptors (Lipinski definition) is 2. The number of anilines is 1. The fourth-order valence-electron chi connectivity index (χ4n) is 1.52. The van der Waals surface area contributed by atoms with Crippen molar-refractivity contribution in [2.45, 2.75) is 27.6 Å². The lowest BCUT2D eigenvalue weighted by molar-refractivity contribution is -0.117. The van der Waals surface area contributed by atoms with Gasteiger partial charge in [-0.05, 0) is 37.9 Å². The van der Waals surface area contributed by atoms with E-state index in [2.05, 4.69) is 5.32 Å². The first kappa shape index (κ1) is 7.17. The molecule has 1 rings (SSSR count). The smallest absolute Gasteiger partial charge is 0.238 e. The van der Waals surface area contributed by atoms with E-state index in [1.165, 1.54) is 18.2 Å². The summed E-state index contributed by atoms with van der Waals surface area (Å²) in [5, 5.41) is 2.49. The standard InChI is InChI=1S/C14H22N2O/c1-5-16(6-2)10-13(17)15-14-11(3)8-7-9-12(14)4/h7-9H,5-6,10H2,1-4H3,(H,15,17)/i3D3,4D3. The van der Waals surface area contributed by atoms with Gasteiger partial charge in [0, 0.05) is 13.9 Å². The zero-order chi connectivity index (χ0) is 17.8. The van der Waals surface area contributed by atoms with Crippen LogP contribution < -0.4 is 5.32 Å². The van der Waals surface area contributed by atoms with Crippen molar-refractivity contribution in [1.82, 2.24) is 4.90 Å². The highest BCUT2D eigenvalue weighted by Crippen LogP contribution is 2.19. The Morgan fingerprint density at radius 1 is 1.29 bits per heavy atom. The first-order valence-electron chi connectivity index (χ1n) is 8.66. The number of carbonyl (C=O) groups excluding carboxylic acids is 1. The van der Waals surface area contributed by atoms with E-state index in [0.717, 1.165) is 0 Å². The van der Waals surface area contributed by atoms with E-state index in [9.17, 15) is 4.79 Å². The molecule has 1 aromatic rings. The number of para-hydroxylation sites is 1. The van der Waals surface area contributed by atoms with E-state index >= 15 is 0 Å². The van der Waals surface area contributed by atoms with E-state index in [1.807, 2.05) is 18.7 Å². The Kier molecular flexibility index (Phi) is 2.70. The minimum Gasteiger partial charge on any atom is -0.324 e. The maximum atomic E-state index is 12.2. The van der Waals surface area contributed by atoms with Crippen LogP contribution in [0.15, 0.2) is 18.2 Å². The molecule has 1 amide bonds. The third kappa shape index (κ3) is 3.86. The van der Waals surface area contributed by atoms with E-state index in [0.29, 0.717) is 13.1 Å². The van der Waals surface area contributed by atoms with E-state index < -0.39 is 19.6 Å². The normalized spacial score (nSPS) is 17.4. The van der Waals surface area contributed by atoms with Gasteiger partial charge in [-0.25, -0.2) is 0 Å². The van der Waals surface area contributed by atoms with Crippen LogP contribution >= 0.6 is 0 Å². The number of amides is 1. The Hall–Kier alpha value is -1.35. The second kappa shape index (κ2) is 6.40. The highest BCUT2D eigenvalue weighted by Gasteiger charge is 2.09. The van der Waals surface area contributed by atoms with Crippen LogP contribution in [0.2, 0.25) is 0 Å². The zero-order valence-electron chi connectivity index (χ0n) is 16.2. The Balaban J connectivity index is 3.24. The van der Waals surface area contributed by atoms with Crippen molar-refractivity contribution in [3.63, 3.8) is 0 Å². The summed E-state index contributed by atoms with van der Waals surface area (Å²) >= 11 is 0. The van der Waals surface area contributed by atoms with Gasteiger partial charge in [0.2, 0.25) is 5.91 Å². The summed E-state index contributed by atoms with van der Waals surface area (Å²) in [5.74, 6) is -0.434. The number of nitrogens with one attached hydrogen (secondary N) is 1. The Morgan fingerprint density at radius 3 is 2.35 bits per heavy atom. The largest absolute Gasteiger partial charge is 0.324 e. The summed E-state index contributed by atoms with van der Waals surface area (Å²) in [6.07, 6.45) is 0.